The fourth-order valence-corrected chi connectivity index (χ4v) is 3.54. The second-order valence-electron chi connectivity index (χ2n) is 7.16. The third-order valence-electron chi connectivity index (χ3n) is 5.02. The molecular formula is C20H22FN5O2. The minimum Gasteiger partial charge on any atom is -0.393 e. The molecule has 0 radical (unpaired) electrons. The predicted molar refractivity (Wildman–Crippen MR) is 104 cm³/mol. The van der Waals surface area contributed by atoms with E-state index in [1.807, 2.05) is 0 Å². The summed E-state index contributed by atoms with van der Waals surface area (Å²) >= 11 is 0. The summed E-state index contributed by atoms with van der Waals surface area (Å²) in [5.41, 5.74) is 1.35. The zero-order valence-electron chi connectivity index (χ0n) is 15.3. The van der Waals surface area contributed by atoms with Crippen LogP contribution in [0.3, 0.4) is 0 Å². The zero-order valence-corrected chi connectivity index (χ0v) is 15.3. The Kier molecular flexibility index (Phi) is 5.21. The van der Waals surface area contributed by atoms with E-state index in [1.165, 1.54) is 24.3 Å². The maximum absolute atomic E-state index is 13.0. The van der Waals surface area contributed by atoms with Crippen LogP contribution in [0.25, 0.3) is 5.65 Å². The number of aromatic nitrogens is 3. The van der Waals surface area contributed by atoms with Crippen molar-refractivity contribution in [1.82, 2.24) is 14.6 Å². The number of nitrogens with one attached hydrogen (secondary N) is 2. The molecule has 0 bridgehead atoms. The molecule has 3 N–H and O–H groups in total. The molecule has 0 spiro atoms. The molecule has 146 valence electrons. The summed E-state index contributed by atoms with van der Waals surface area (Å²) < 4.78 is 14.6. The first kappa shape index (κ1) is 18.4. The third kappa shape index (κ3) is 4.12. The summed E-state index contributed by atoms with van der Waals surface area (Å²) in [5, 5.41) is 20.2. The highest BCUT2D eigenvalue weighted by Gasteiger charge is 2.20. The van der Waals surface area contributed by atoms with Gasteiger partial charge < -0.3 is 15.7 Å². The van der Waals surface area contributed by atoms with Gasteiger partial charge in [0.05, 0.1) is 12.3 Å². The van der Waals surface area contributed by atoms with Crippen LogP contribution >= 0.6 is 0 Å². The van der Waals surface area contributed by atoms with Crippen molar-refractivity contribution in [2.75, 3.05) is 17.2 Å². The van der Waals surface area contributed by atoms with E-state index in [2.05, 4.69) is 20.7 Å². The predicted octanol–water partition coefficient (Wildman–Crippen LogP) is 3.08. The van der Waals surface area contributed by atoms with Gasteiger partial charge in [-0.15, -0.1) is 0 Å². The molecule has 1 fully saturated rings. The lowest BCUT2D eigenvalue weighted by molar-refractivity contribution is 0.101. The molecular weight excluding hydrogens is 361 g/mol. The summed E-state index contributed by atoms with van der Waals surface area (Å²) in [6.45, 7) is 0.721. The van der Waals surface area contributed by atoms with E-state index in [1.54, 1.807) is 22.8 Å². The number of anilines is 2. The molecule has 0 saturated heterocycles. The van der Waals surface area contributed by atoms with Crippen LogP contribution in [0, 0.1) is 11.7 Å². The molecule has 1 saturated carbocycles. The van der Waals surface area contributed by atoms with Crippen LogP contribution in [0.1, 0.15) is 36.2 Å². The summed E-state index contributed by atoms with van der Waals surface area (Å²) in [4.78, 5) is 16.8. The number of carbonyl (C=O) groups excluding carboxylic acids is 1. The van der Waals surface area contributed by atoms with E-state index in [0.717, 1.165) is 32.2 Å². The Morgan fingerprint density at radius 3 is 2.82 bits per heavy atom. The zero-order chi connectivity index (χ0) is 19.5. The molecule has 2 aromatic heterocycles. The van der Waals surface area contributed by atoms with Crippen LogP contribution in [0.2, 0.25) is 0 Å². The third-order valence-corrected chi connectivity index (χ3v) is 5.02. The highest BCUT2D eigenvalue weighted by atomic mass is 19.1. The van der Waals surface area contributed by atoms with Crippen molar-refractivity contribution >= 4 is 23.1 Å². The van der Waals surface area contributed by atoms with E-state index < -0.39 is 0 Å². The van der Waals surface area contributed by atoms with Crippen LogP contribution in [0.15, 0.2) is 42.6 Å². The van der Waals surface area contributed by atoms with Gasteiger partial charge in [-0.1, -0.05) is 6.42 Å². The molecule has 1 aliphatic rings. The number of imidazole rings is 1. The summed E-state index contributed by atoms with van der Waals surface area (Å²) in [6, 6.07) is 8.88. The van der Waals surface area contributed by atoms with Gasteiger partial charge in [0, 0.05) is 12.2 Å². The van der Waals surface area contributed by atoms with Crippen LogP contribution in [0.4, 0.5) is 15.9 Å². The molecule has 4 rings (SSSR count). The molecule has 2 atom stereocenters. The van der Waals surface area contributed by atoms with Crippen molar-refractivity contribution in [2.45, 2.75) is 31.8 Å². The van der Waals surface area contributed by atoms with E-state index in [-0.39, 0.29) is 23.5 Å². The van der Waals surface area contributed by atoms with Gasteiger partial charge in [-0.2, -0.15) is 9.61 Å². The van der Waals surface area contributed by atoms with E-state index in [9.17, 15) is 14.3 Å². The number of rotatable bonds is 5. The molecule has 7 nitrogen and oxygen atoms in total. The molecule has 0 aliphatic heterocycles. The van der Waals surface area contributed by atoms with E-state index in [4.69, 9.17) is 0 Å². The maximum atomic E-state index is 13.0. The van der Waals surface area contributed by atoms with Gasteiger partial charge in [0.1, 0.15) is 17.3 Å². The van der Waals surface area contributed by atoms with Gasteiger partial charge >= 0.3 is 0 Å². The molecule has 28 heavy (non-hydrogen) atoms. The fraction of sp³-hybridized carbons (Fsp3) is 0.350. The van der Waals surface area contributed by atoms with Crippen molar-refractivity contribution in [3.05, 3.63) is 54.1 Å². The Morgan fingerprint density at radius 2 is 2.04 bits per heavy atom. The van der Waals surface area contributed by atoms with Gasteiger partial charge in [-0.3, -0.25) is 4.79 Å². The molecule has 2 unspecified atom stereocenters. The number of benzene rings is 1. The number of aliphatic hydroxyl groups excluding tert-OH is 1. The monoisotopic (exact) mass is 383 g/mol. The Hall–Kier alpha value is -3.00. The van der Waals surface area contributed by atoms with Crippen molar-refractivity contribution in [1.29, 1.82) is 0 Å². The largest absolute Gasteiger partial charge is 0.393 e. The number of nitrogens with zero attached hydrogens (tertiary/aromatic N) is 3. The molecule has 8 heteroatoms. The molecule has 2 heterocycles. The van der Waals surface area contributed by atoms with Gasteiger partial charge in [-0.25, -0.2) is 9.37 Å². The Morgan fingerprint density at radius 1 is 1.21 bits per heavy atom. The number of amides is 1. The first-order chi connectivity index (χ1) is 13.6. The Balaban J connectivity index is 1.47. The first-order valence-electron chi connectivity index (χ1n) is 9.42. The number of fused-ring (bicyclic) bond motifs is 1. The van der Waals surface area contributed by atoms with E-state index in [0.29, 0.717) is 23.1 Å². The molecule has 1 aromatic carbocycles. The second kappa shape index (κ2) is 7.93. The summed E-state index contributed by atoms with van der Waals surface area (Å²) in [5.74, 6) is 0.353. The van der Waals surface area contributed by atoms with Crippen LogP contribution < -0.4 is 10.6 Å². The van der Waals surface area contributed by atoms with Crippen LogP contribution in [-0.2, 0) is 0 Å². The lowest BCUT2D eigenvalue weighted by Crippen LogP contribution is -2.25. The van der Waals surface area contributed by atoms with Gasteiger partial charge in [0.25, 0.3) is 5.91 Å². The maximum Gasteiger partial charge on any atom is 0.276 e. The van der Waals surface area contributed by atoms with Gasteiger partial charge in [-0.05, 0) is 61.6 Å². The topological polar surface area (TPSA) is 91.5 Å². The summed E-state index contributed by atoms with van der Waals surface area (Å²) in [6.07, 6.45) is 5.25. The summed E-state index contributed by atoms with van der Waals surface area (Å²) in [7, 11) is 0. The fourth-order valence-electron chi connectivity index (χ4n) is 3.54. The number of carbonyl (C=O) groups is 1. The smallest absolute Gasteiger partial charge is 0.276 e. The van der Waals surface area contributed by atoms with Crippen LogP contribution in [-0.4, -0.2) is 38.3 Å². The first-order valence-corrected chi connectivity index (χ1v) is 9.42. The van der Waals surface area contributed by atoms with E-state index >= 15 is 0 Å². The SMILES string of the molecule is O=C(Nc1ccc(F)cc1)c1ccc2ncc(NCC3CCCC(O)C3)n2n1. The Bertz CT molecular complexity index is 972. The quantitative estimate of drug-likeness (QED) is 0.630. The minimum atomic E-state index is -0.386. The normalized spacial score (nSPS) is 19.5. The second-order valence-corrected chi connectivity index (χ2v) is 7.16. The van der Waals surface area contributed by atoms with Gasteiger partial charge in [0.15, 0.2) is 5.65 Å². The highest BCUT2D eigenvalue weighted by molar-refractivity contribution is 6.02. The van der Waals surface area contributed by atoms with Crippen molar-refractivity contribution in [3.8, 4) is 0 Å². The average Bonchev–Trinajstić information content (AvgIpc) is 3.10. The van der Waals surface area contributed by atoms with Crippen LogP contribution in [0.5, 0.6) is 0 Å². The standard InChI is InChI=1S/C20H22FN5O2/c21-14-4-6-15(7-5-14)24-20(28)17-8-9-18-23-12-19(26(18)25-17)22-11-13-2-1-3-16(27)10-13/h4-9,12-13,16,22,27H,1-3,10-11H2,(H,24,28). The van der Waals surface area contributed by atoms with Crippen molar-refractivity contribution in [2.24, 2.45) is 5.92 Å². The molecule has 3 aromatic rings. The highest BCUT2D eigenvalue weighted by Crippen LogP contribution is 2.24. The van der Waals surface area contributed by atoms with Gasteiger partial charge in [0.2, 0.25) is 0 Å². The number of aliphatic hydroxyl groups is 1. The average molecular weight is 383 g/mol. The molecule has 1 amide bonds. The Labute approximate surface area is 161 Å². The number of hydrogen-bond donors (Lipinski definition) is 3. The van der Waals surface area contributed by atoms with Crippen molar-refractivity contribution in [3.63, 3.8) is 0 Å². The lowest BCUT2D eigenvalue weighted by Gasteiger charge is -2.26. The lowest BCUT2D eigenvalue weighted by atomic mass is 9.87. The minimum absolute atomic E-state index is 0.220. The number of halogens is 1. The number of hydrogen-bond acceptors (Lipinski definition) is 5. The molecule has 1 aliphatic carbocycles. The van der Waals surface area contributed by atoms with Crippen molar-refractivity contribution < 1.29 is 14.3 Å².